The highest BCUT2D eigenvalue weighted by molar-refractivity contribution is 7.89. The average Bonchev–Trinajstić information content (AvgIpc) is 3.29. The normalized spacial score (nSPS) is 15.1. The molecule has 0 radical (unpaired) electrons. The van der Waals surface area contributed by atoms with E-state index in [-0.39, 0.29) is 23.2 Å². The maximum absolute atomic E-state index is 13.6. The number of aromatic nitrogens is 1. The average molecular weight is 567 g/mol. The Morgan fingerprint density at radius 3 is 2.41 bits per heavy atom. The number of thiazole rings is 1. The number of rotatable bonds is 9. The van der Waals surface area contributed by atoms with Crippen LogP contribution in [0.5, 0.6) is 5.75 Å². The van der Waals surface area contributed by atoms with Crippen LogP contribution in [0.3, 0.4) is 0 Å². The number of fused-ring (bicyclic) bond motifs is 1. The van der Waals surface area contributed by atoms with Crippen LogP contribution in [-0.2, 0) is 10.0 Å². The number of carbonyl (C=O) groups is 1. The second-order valence-corrected chi connectivity index (χ2v) is 12.5. The molecule has 37 heavy (non-hydrogen) atoms. The Morgan fingerprint density at radius 2 is 1.78 bits per heavy atom. The van der Waals surface area contributed by atoms with Crippen molar-refractivity contribution in [2.45, 2.75) is 31.1 Å². The molecule has 1 saturated heterocycles. The van der Waals surface area contributed by atoms with Crippen molar-refractivity contribution in [3.05, 3.63) is 48.0 Å². The van der Waals surface area contributed by atoms with Crippen LogP contribution in [0.15, 0.2) is 47.4 Å². The lowest BCUT2D eigenvalue weighted by Gasteiger charge is -2.29. The largest absolute Gasteiger partial charge is 0.497 e. The fraction of sp³-hybridized carbons (Fsp3) is 0.462. The number of carbonyl (C=O) groups excluding carboxylic acids is 1. The summed E-state index contributed by atoms with van der Waals surface area (Å²) >= 11 is 1.44. The highest BCUT2D eigenvalue weighted by Gasteiger charge is 2.28. The number of ether oxygens (including phenoxy) is 1. The van der Waals surface area contributed by atoms with Crippen molar-refractivity contribution in [2.75, 3.05) is 52.3 Å². The fourth-order valence-corrected chi connectivity index (χ4v) is 6.75. The topological polar surface area (TPSA) is 83.0 Å². The van der Waals surface area contributed by atoms with E-state index in [1.807, 2.05) is 32.3 Å². The minimum Gasteiger partial charge on any atom is -0.497 e. The molecule has 2 aromatic carbocycles. The molecule has 0 unspecified atom stereocenters. The van der Waals surface area contributed by atoms with Gasteiger partial charge in [-0.2, -0.15) is 4.31 Å². The molecule has 1 amide bonds. The van der Waals surface area contributed by atoms with Crippen LogP contribution in [0, 0.1) is 5.92 Å². The third-order valence-corrected chi connectivity index (χ3v) is 9.48. The molecule has 4 rings (SSSR count). The Bertz CT molecular complexity index is 1300. The lowest BCUT2D eigenvalue weighted by atomic mass is 10.0. The van der Waals surface area contributed by atoms with Crippen LogP contribution in [0.2, 0.25) is 0 Å². The van der Waals surface area contributed by atoms with E-state index >= 15 is 0 Å². The molecule has 0 atom stereocenters. The summed E-state index contributed by atoms with van der Waals surface area (Å²) in [5.41, 5.74) is 1.24. The molecule has 0 spiro atoms. The van der Waals surface area contributed by atoms with Crippen LogP contribution in [0.4, 0.5) is 5.13 Å². The second-order valence-electron chi connectivity index (χ2n) is 9.55. The van der Waals surface area contributed by atoms with E-state index in [1.54, 1.807) is 40.6 Å². The van der Waals surface area contributed by atoms with Gasteiger partial charge in [-0.15, -0.1) is 12.4 Å². The van der Waals surface area contributed by atoms with Gasteiger partial charge in [0.25, 0.3) is 5.91 Å². The lowest BCUT2D eigenvalue weighted by molar-refractivity contribution is 0.0986. The van der Waals surface area contributed by atoms with Crippen molar-refractivity contribution in [3.8, 4) is 5.75 Å². The fourth-order valence-electron chi connectivity index (χ4n) is 4.26. The van der Waals surface area contributed by atoms with Crippen LogP contribution in [0.1, 0.15) is 36.5 Å². The summed E-state index contributed by atoms with van der Waals surface area (Å²) in [7, 11) is 2.05. The number of halogens is 1. The van der Waals surface area contributed by atoms with Crippen LogP contribution >= 0.6 is 23.7 Å². The van der Waals surface area contributed by atoms with Gasteiger partial charge in [-0.3, -0.25) is 9.69 Å². The molecule has 8 nitrogen and oxygen atoms in total. The molecule has 0 N–H and O–H groups in total. The lowest BCUT2D eigenvalue weighted by Crippen LogP contribution is -2.38. The van der Waals surface area contributed by atoms with E-state index in [1.165, 1.54) is 11.3 Å². The van der Waals surface area contributed by atoms with Gasteiger partial charge in [-0.05, 0) is 88.3 Å². The van der Waals surface area contributed by atoms with Gasteiger partial charge in [0, 0.05) is 25.2 Å². The molecule has 202 valence electrons. The Morgan fingerprint density at radius 1 is 1.11 bits per heavy atom. The van der Waals surface area contributed by atoms with E-state index in [0.717, 1.165) is 41.8 Å². The van der Waals surface area contributed by atoms with E-state index in [0.29, 0.717) is 36.2 Å². The summed E-state index contributed by atoms with van der Waals surface area (Å²) in [6.45, 7) is 4.54. The summed E-state index contributed by atoms with van der Waals surface area (Å²) in [5.74, 6) is 1.08. The number of hydrogen-bond donors (Lipinski definition) is 0. The predicted molar refractivity (Wildman–Crippen MR) is 152 cm³/mol. The van der Waals surface area contributed by atoms with Crippen molar-refractivity contribution in [3.63, 3.8) is 0 Å². The van der Waals surface area contributed by atoms with E-state index in [9.17, 15) is 13.2 Å². The minimum atomic E-state index is -3.57. The van der Waals surface area contributed by atoms with Gasteiger partial charge < -0.3 is 9.64 Å². The van der Waals surface area contributed by atoms with Gasteiger partial charge >= 0.3 is 0 Å². The number of anilines is 1. The molecule has 1 fully saturated rings. The first-order chi connectivity index (χ1) is 17.2. The first kappa shape index (κ1) is 29.3. The van der Waals surface area contributed by atoms with Gasteiger partial charge in [-0.25, -0.2) is 13.4 Å². The molecule has 1 aliphatic heterocycles. The first-order valence-electron chi connectivity index (χ1n) is 12.2. The monoisotopic (exact) mass is 566 g/mol. The SMILES string of the molecule is COc1ccc2nc(N(CCCN(C)C)C(=O)c3ccc(S(=O)(=O)N4CCC(C)CC4)cc3)sc2c1.Cl. The van der Waals surface area contributed by atoms with Crippen molar-refractivity contribution in [1.29, 1.82) is 0 Å². The van der Waals surface area contributed by atoms with E-state index in [2.05, 4.69) is 11.8 Å². The zero-order valence-corrected chi connectivity index (χ0v) is 24.2. The molecule has 1 aromatic heterocycles. The molecule has 2 heterocycles. The summed E-state index contributed by atoms with van der Waals surface area (Å²) < 4.78 is 34.0. The first-order valence-corrected chi connectivity index (χ1v) is 14.5. The zero-order valence-electron chi connectivity index (χ0n) is 21.7. The van der Waals surface area contributed by atoms with E-state index in [4.69, 9.17) is 9.72 Å². The van der Waals surface area contributed by atoms with Crippen molar-refractivity contribution in [1.82, 2.24) is 14.2 Å². The Kier molecular flexibility index (Phi) is 9.93. The Hall–Kier alpha value is -2.24. The van der Waals surface area contributed by atoms with Crippen molar-refractivity contribution in [2.24, 2.45) is 5.92 Å². The van der Waals surface area contributed by atoms with Gasteiger partial charge in [0.2, 0.25) is 10.0 Å². The van der Waals surface area contributed by atoms with Crippen LogP contribution in [0.25, 0.3) is 10.2 Å². The number of sulfonamides is 1. The molecule has 11 heteroatoms. The Balaban J connectivity index is 0.00000380. The number of nitrogens with zero attached hydrogens (tertiary/aromatic N) is 4. The van der Waals surface area contributed by atoms with Crippen molar-refractivity contribution >= 4 is 55.0 Å². The molecular formula is C26H35ClN4O4S2. The van der Waals surface area contributed by atoms with Crippen molar-refractivity contribution < 1.29 is 17.9 Å². The maximum atomic E-state index is 13.6. The van der Waals surface area contributed by atoms with Gasteiger partial charge in [0.05, 0.1) is 22.2 Å². The number of piperidine rings is 1. The molecule has 0 saturated carbocycles. The number of hydrogen-bond acceptors (Lipinski definition) is 7. The standard InChI is InChI=1S/C26H34N4O4S2.ClH/c1-19-12-16-29(17-13-19)36(32,33)22-9-6-20(7-10-22)25(31)30(15-5-14-28(2)3)26-27-23-11-8-21(34-4)18-24(23)35-26;/h6-11,18-19H,5,12-17H2,1-4H3;1H. The quantitative estimate of drug-likeness (QED) is 0.372. The Labute approximate surface area is 229 Å². The molecule has 0 bridgehead atoms. The third kappa shape index (κ3) is 6.80. The van der Waals surface area contributed by atoms with Gasteiger partial charge in [0.1, 0.15) is 5.75 Å². The minimum absolute atomic E-state index is 0. The summed E-state index contributed by atoms with van der Waals surface area (Å²) in [6.07, 6.45) is 2.51. The van der Waals surface area contributed by atoms with Crippen LogP contribution < -0.4 is 9.64 Å². The maximum Gasteiger partial charge on any atom is 0.260 e. The number of methoxy groups -OCH3 is 1. The second kappa shape index (κ2) is 12.5. The number of amides is 1. The molecule has 3 aromatic rings. The molecular weight excluding hydrogens is 532 g/mol. The van der Waals surface area contributed by atoms with Gasteiger partial charge in [0.15, 0.2) is 5.13 Å². The zero-order chi connectivity index (χ0) is 25.9. The molecule has 1 aliphatic rings. The third-order valence-electron chi connectivity index (χ3n) is 6.53. The molecule has 0 aliphatic carbocycles. The van der Waals surface area contributed by atoms with E-state index < -0.39 is 10.0 Å². The van der Waals surface area contributed by atoms with Crippen LogP contribution in [-0.4, -0.2) is 75.9 Å². The van der Waals surface area contributed by atoms with Gasteiger partial charge in [-0.1, -0.05) is 18.3 Å². The summed E-state index contributed by atoms with van der Waals surface area (Å²) in [5, 5.41) is 0.612. The highest BCUT2D eigenvalue weighted by Crippen LogP contribution is 2.32. The predicted octanol–water partition coefficient (Wildman–Crippen LogP) is 4.75. The highest BCUT2D eigenvalue weighted by atomic mass is 35.5. The number of benzene rings is 2. The summed E-state index contributed by atoms with van der Waals surface area (Å²) in [6, 6.07) is 12.0. The smallest absolute Gasteiger partial charge is 0.260 e. The summed E-state index contributed by atoms with van der Waals surface area (Å²) in [4.78, 5) is 22.3.